The highest BCUT2D eigenvalue weighted by atomic mass is 32.2. The number of amides is 1. The zero-order chi connectivity index (χ0) is 15.2. The highest BCUT2D eigenvalue weighted by Crippen LogP contribution is 2.29. The molecule has 2 atom stereocenters. The first-order chi connectivity index (χ1) is 10.1. The molecule has 2 rings (SSSR count). The lowest BCUT2D eigenvalue weighted by atomic mass is 9.79. The summed E-state index contributed by atoms with van der Waals surface area (Å²) in [4.78, 5) is 24.4. The summed E-state index contributed by atoms with van der Waals surface area (Å²) in [6.07, 6.45) is 5.61. The average Bonchev–Trinajstić information content (AvgIpc) is 2.52. The molecule has 0 aliphatic heterocycles. The van der Waals surface area contributed by atoms with Crippen LogP contribution in [0.15, 0.2) is 29.2 Å². The number of thioether (sulfide) groups is 1. The van der Waals surface area contributed by atoms with Gasteiger partial charge in [-0.3, -0.25) is 9.59 Å². The number of benzene rings is 1. The van der Waals surface area contributed by atoms with Crippen molar-refractivity contribution in [3.8, 4) is 0 Å². The number of carbonyl (C=O) groups is 2. The fourth-order valence-corrected chi connectivity index (χ4v) is 3.25. The second-order valence-electron chi connectivity index (χ2n) is 5.43. The van der Waals surface area contributed by atoms with Crippen LogP contribution in [0.3, 0.4) is 0 Å². The Balaban J connectivity index is 1.91. The van der Waals surface area contributed by atoms with Crippen molar-refractivity contribution in [3.63, 3.8) is 0 Å². The highest BCUT2D eigenvalue weighted by molar-refractivity contribution is 7.98. The van der Waals surface area contributed by atoms with E-state index < -0.39 is 5.97 Å². The quantitative estimate of drug-likeness (QED) is 0.821. The molecule has 0 heterocycles. The fraction of sp³-hybridized carbons (Fsp3) is 0.500. The predicted octanol–water partition coefficient (Wildman–Crippen LogP) is 3.03. The smallest absolute Gasteiger partial charge is 0.306 e. The van der Waals surface area contributed by atoms with Gasteiger partial charge in [-0.2, -0.15) is 0 Å². The van der Waals surface area contributed by atoms with Crippen molar-refractivity contribution in [1.82, 2.24) is 5.32 Å². The summed E-state index contributed by atoms with van der Waals surface area (Å²) in [5, 5.41) is 12.1. The maximum atomic E-state index is 12.1. The first-order valence-corrected chi connectivity index (χ1v) is 8.49. The molecule has 0 spiro atoms. The number of carbonyl (C=O) groups excluding carboxylic acids is 1. The summed E-state index contributed by atoms with van der Waals surface area (Å²) >= 11 is 1.63. The molecular weight excluding hydrogens is 286 g/mol. The zero-order valence-electron chi connectivity index (χ0n) is 12.2. The van der Waals surface area contributed by atoms with E-state index in [9.17, 15) is 14.7 Å². The summed E-state index contributed by atoms with van der Waals surface area (Å²) in [6.45, 7) is 0.445. The number of hydrogen-bond donors (Lipinski definition) is 2. The van der Waals surface area contributed by atoms with Gasteiger partial charge in [0.25, 0.3) is 5.91 Å². The number of carboxylic acid groups (broad SMARTS) is 1. The van der Waals surface area contributed by atoms with E-state index in [1.54, 1.807) is 23.9 Å². The summed E-state index contributed by atoms with van der Waals surface area (Å²) in [6, 6.07) is 7.44. The van der Waals surface area contributed by atoms with E-state index in [4.69, 9.17) is 0 Å². The molecule has 1 aromatic rings. The van der Waals surface area contributed by atoms with Crippen LogP contribution in [0.1, 0.15) is 36.0 Å². The molecule has 2 unspecified atom stereocenters. The van der Waals surface area contributed by atoms with Crippen molar-refractivity contribution >= 4 is 23.6 Å². The van der Waals surface area contributed by atoms with Crippen molar-refractivity contribution < 1.29 is 14.7 Å². The summed E-state index contributed by atoms with van der Waals surface area (Å²) in [5.41, 5.74) is 0.621. The van der Waals surface area contributed by atoms with Crippen LogP contribution >= 0.6 is 11.8 Å². The van der Waals surface area contributed by atoms with Gasteiger partial charge in [0.2, 0.25) is 0 Å². The first kappa shape index (κ1) is 15.9. The summed E-state index contributed by atoms with van der Waals surface area (Å²) < 4.78 is 0. The number of nitrogens with one attached hydrogen (secondary N) is 1. The van der Waals surface area contributed by atoms with E-state index >= 15 is 0 Å². The SMILES string of the molecule is CSc1ccc(C(=O)NCC2CCCCC2C(=O)O)cc1. The predicted molar refractivity (Wildman–Crippen MR) is 83.6 cm³/mol. The van der Waals surface area contributed by atoms with E-state index in [0.717, 1.165) is 30.6 Å². The number of hydrogen-bond acceptors (Lipinski definition) is 3. The van der Waals surface area contributed by atoms with Gasteiger partial charge in [-0.25, -0.2) is 0 Å². The molecule has 1 aliphatic carbocycles. The van der Waals surface area contributed by atoms with Crippen LogP contribution in [0, 0.1) is 11.8 Å². The Labute approximate surface area is 129 Å². The van der Waals surface area contributed by atoms with Crippen LogP contribution < -0.4 is 5.32 Å². The van der Waals surface area contributed by atoms with E-state index in [2.05, 4.69) is 5.32 Å². The summed E-state index contributed by atoms with van der Waals surface area (Å²) in [7, 11) is 0. The molecule has 5 heteroatoms. The van der Waals surface area contributed by atoms with Gasteiger partial charge >= 0.3 is 5.97 Å². The van der Waals surface area contributed by atoms with E-state index in [1.165, 1.54) is 0 Å². The molecule has 4 nitrogen and oxygen atoms in total. The molecule has 0 radical (unpaired) electrons. The molecule has 2 N–H and O–H groups in total. The molecule has 1 aliphatic rings. The number of aliphatic carboxylic acids is 1. The normalized spacial score (nSPS) is 21.8. The Hall–Kier alpha value is -1.49. The molecule has 1 fully saturated rings. The van der Waals surface area contributed by atoms with Crippen LogP contribution in [-0.4, -0.2) is 29.8 Å². The Morgan fingerprint density at radius 3 is 2.52 bits per heavy atom. The molecule has 21 heavy (non-hydrogen) atoms. The Bertz CT molecular complexity index is 501. The van der Waals surface area contributed by atoms with Gasteiger partial charge in [-0.15, -0.1) is 11.8 Å². The van der Waals surface area contributed by atoms with Crippen molar-refractivity contribution in [2.24, 2.45) is 11.8 Å². The minimum atomic E-state index is -0.738. The molecule has 1 saturated carbocycles. The molecule has 114 valence electrons. The van der Waals surface area contributed by atoms with Crippen LogP contribution in [0.25, 0.3) is 0 Å². The minimum Gasteiger partial charge on any atom is -0.481 e. The standard InChI is InChI=1S/C16H21NO3S/c1-21-13-8-6-11(7-9-13)15(18)17-10-12-4-2-3-5-14(12)16(19)20/h6-9,12,14H,2-5,10H2,1H3,(H,17,18)(H,19,20). The fourth-order valence-electron chi connectivity index (χ4n) is 2.85. The van der Waals surface area contributed by atoms with E-state index in [1.807, 2.05) is 18.4 Å². The molecule has 1 amide bonds. The zero-order valence-corrected chi connectivity index (χ0v) is 13.0. The molecular formula is C16H21NO3S. The van der Waals surface area contributed by atoms with E-state index in [0.29, 0.717) is 12.1 Å². The lowest BCUT2D eigenvalue weighted by Crippen LogP contribution is -2.37. The Kier molecular flexibility index (Phi) is 5.67. The minimum absolute atomic E-state index is 0.0469. The third kappa shape index (κ3) is 4.24. The monoisotopic (exact) mass is 307 g/mol. The van der Waals surface area contributed by atoms with Gasteiger partial charge in [0.1, 0.15) is 0 Å². The van der Waals surface area contributed by atoms with Crippen molar-refractivity contribution in [2.75, 3.05) is 12.8 Å². The van der Waals surface area contributed by atoms with Crippen molar-refractivity contribution in [3.05, 3.63) is 29.8 Å². The van der Waals surface area contributed by atoms with E-state index in [-0.39, 0.29) is 17.7 Å². The largest absolute Gasteiger partial charge is 0.481 e. The van der Waals surface area contributed by atoms with Gasteiger partial charge in [0.15, 0.2) is 0 Å². The molecule has 0 bridgehead atoms. The summed E-state index contributed by atoms with van der Waals surface area (Å²) in [5.74, 6) is -1.14. The van der Waals surface area contributed by atoms with Gasteiger partial charge in [0.05, 0.1) is 5.92 Å². The van der Waals surface area contributed by atoms with Crippen LogP contribution in [0.4, 0.5) is 0 Å². The van der Waals surface area contributed by atoms with Gasteiger partial charge in [-0.1, -0.05) is 12.8 Å². The van der Waals surface area contributed by atoms with Crippen LogP contribution in [-0.2, 0) is 4.79 Å². The highest BCUT2D eigenvalue weighted by Gasteiger charge is 2.30. The third-order valence-electron chi connectivity index (χ3n) is 4.10. The average molecular weight is 307 g/mol. The lowest BCUT2D eigenvalue weighted by molar-refractivity contribution is -0.144. The third-order valence-corrected chi connectivity index (χ3v) is 4.85. The number of carboxylic acids is 1. The van der Waals surface area contributed by atoms with Gasteiger partial charge < -0.3 is 10.4 Å². The van der Waals surface area contributed by atoms with Gasteiger partial charge in [0, 0.05) is 17.0 Å². The van der Waals surface area contributed by atoms with Crippen molar-refractivity contribution in [1.29, 1.82) is 0 Å². The maximum absolute atomic E-state index is 12.1. The maximum Gasteiger partial charge on any atom is 0.306 e. The lowest BCUT2D eigenvalue weighted by Gasteiger charge is -2.28. The molecule has 0 saturated heterocycles. The topological polar surface area (TPSA) is 66.4 Å². The Morgan fingerprint density at radius 2 is 1.90 bits per heavy atom. The van der Waals surface area contributed by atoms with Crippen LogP contribution in [0.2, 0.25) is 0 Å². The van der Waals surface area contributed by atoms with Crippen molar-refractivity contribution in [2.45, 2.75) is 30.6 Å². The molecule has 0 aromatic heterocycles. The molecule has 1 aromatic carbocycles. The first-order valence-electron chi connectivity index (χ1n) is 7.27. The van der Waals surface area contributed by atoms with Crippen LogP contribution in [0.5, 0.6) is 0 Å². The Morgan fingerprint density at radius 1 is 1.24 bits per heavy atom. The van der Waals surface area contributed by atoms with Gasteiger partial charge in [-0.05, 0) is 49.3 Å². The second-order valence-corrected chi connectivity index (χ2v) is 6.31. The second kappa shape index (κ2) is 7.50. The number of rotatable bonds is 5.